The molecule has 10 aromatic rings. The second-order valence-electron chi connectivity index (χ2n) is 28.3. The Morgan fingerprint density at radius 2 is 0.811 bits per heavy atom. The van der Waals surface area contributed by atoms with Crippen LogP contribution in [0.4, 0.5) is 0 Å². The zero-order chi connectivity index (χ0) is 72.4. The molecule has 6 aliphatic rings. The van der Waals surface area contributed by atoms with Crippen molar-refractivity contribution in [2.75, 3.05) is 28.2 Å². The van der Waals surface area contributed by atoms with Gasteiger partial charge in [-0.25, -0.2) is 0 Å². The van der Waals surface area contributed by atoms with Crippen LogP contribution >= 0.6 is 23.5 Å². The summed E-state index contributed by atoms with van der Waals surface area (Å²) in [5.74, 6) is -6.15. The number of nitrogens with zero attached hydrogens (tertiary/aromatic N) is 4. The first-order valence-electron chi connectivity index (χ1n) is 34.9. The Morgan fingerprint density at radius 3 is 1.26 bits per heavy atom. The van der Waals surface area contributed by atoms with Gasteiger partial charge >= 0.3 is 0 Å². The molecule has 2 aromatic heterocycles. The van der Waals surface area contributed by atoms with Gasteiger partial charge in [0.2, 0.25) is 11.6 Å². The third-order valence-electron chi connectivity index (χ3n) is 22.0. The smallest absolute Gasteiger partial charge is 0.265 e. The lowest BCUT2D eigenvalue weighted by Crippen LogP contribution is -2.72. The number of hydrogen-bond acceptors (Lipinski definition) is 20. The average molecular weight is 1460 g/mol. The van der Waals surface area contributed by atoms with Crippen LogP contribution in [0, 0.1) is 23.7 Å². The van der Waals surface area contributed by atoms with E-state index in [-0.39, 0.29) is 100 Å². The number of aromatic nitrogens is 2. The number of benzene rings is 8. The first-order chi connectivity index (χ1) is 50.3. The van der Waals surface area contributed by atoms with E-state index < -0.39 is 91.5 Å². The minimum atomic E-state index is -2.59. The minimum Gasteiger partial charge on any atom is -0.489 e. The van der Waals surface area contributed by atoms with Crippen LogP contribution in [0.2, 0.25) is 0 Å². The van der Waals surface area contributed by atoms with Gasteiger partial charge in [-0.05, 0) is 145 Å². The molecular formula is C86H86N4O14S2. The molecule has 0 unspecified atom stereocenters. The first kappa shape index (κ1) is 74.5. The molecule has 0 amide bonds. The van der Waals surface area contributed by atoms with Gasteiger partial charge in [-0.15, -0.1) is 23.5 Å². The number of rotatable bonds is 18. The van der Waals surface area contributed by atoms with Crippen LogP contribution in [-0.4, -0.2) is 113 Å². The Bertz CT molecular complexity index is 4870. The molecule has 2 fully saturated rings. The molecule has 0 radical (unpaired) electrons. The molecule has 3 N–H and O–H groups in total. The van der Waals surface area contributed by atoms with Crippen LogP contribution in [0.3, 0.4) is 0 Å². The zero-order valence-electron chi connectivity index (χ0n) is 58.2. The molecular weight excluding hydrogens is 1380 g/mol. The lowest BCUT2D eigenvalue weighted by atomic mass is 9.51. The van der Waals surface area contributed by atoms with Gasteiger partial charge in [-0.1, -0.05) is 211 Å². The minimum absolute atomic E-state index is 0. The maximum atomic E-state index is 15.7. The molecule has 8 aromatic carbocycles. The molecule has 0 spiro atoms. The number of ketones is 5. The number of aliphatic hydroxyl groups excluding tert-OH is 1. The predicted molar refractivity (Wildman–Crippen MR) is 403 cm³/mol. The number of carbonyl (C=O) groups excluding carboxylic acids is 5. The Kier molecular flexibility index (Phi) is 21.0. The quantitative estimate of drug-likeness (QED) is 0.0676. The lowest BCUT2D eigenvalue weighted by molar-refractivity contribution is -0.160. The van der Waals surface area contributed by atoms with Crippen molar-refractivity contribution in [1.29, 1.82) is 0 Å². The summed E-state index contributed by atoms with van der Waals surface area (Å²) >= 11 is 2.33. The Labute approximate surface area is 625 Å². The van der Waals surface area contributed by atoms with Gasteiger partial charge in [-0.3, -0.25) is 33.8 Å². The van der Waals surface area contributed by atoms with Crippen molar-refractivity contribution in [3.05, 3.63) is 286 Å². The van der Waals surface area contributed by atoms with Gasteiger partial charge in [0.15, 0.2) is 40.1 Å². The van der Waals surface area contributed by atoms with Crippen molar-refractivity contribution in [1.82, 2.24) is 20.1 Å². The van der Waals surface area contributed by atoms with Crippen molar-refractivity contribution in [2.24, 2.45) is 23.7 Å². The third kappa shape index (κ3) is 12.3. The maximum absolute atomic E-state index is 15.7. The summed E-state index contributed by atoms with van der Waals surface area (Å²) in [7, 11) is 7.27. The van der Waals surface area contributed by atoms with Crippen molar-refractivity contribution >= 4 is 52.4 Å². The summed E-state index contributed by atoms with van der Waals surface area (Å²) in [6.45, 7) is 4.73. The predicted octanol–water partition coefficient (Wildman–Crippen LogP) is 15.3. The van der Waals surface area contributed by atoms with E-state index in [0.717, 1.165) is 50.0 Å². The summed E-state index contributed by atoms with van der Waals surface area (Å²) in [4.78, 5) is 81.6. The van der Waals surface area contributed by atoms with Crippen molar-refractivity contribution in [3.8, 4) is 23.3 Å². The number of hydrogen-bond donors (Lipinski definition) is 3. The molecule has 0 saturated heterocycles. The highest BCUT2D eigenvalue weighted by Crippen LogP contribution is 2.68. The van der Waals surface area contributed by atoms with E-state index in [2.05, 4.69) is 17.2 Å². The molecule has 0 bridgehead atoms. The van der Waals surface area contributed by atoms with Crippen molar-refractivity contribution < 1.29 is 67.3 Å². The van der Waals surface area contributed by atoms with Crippen LogP contribution in [0.25, 0.3) is 0 Å². The summed E-state index contributed by atoms with van der Waals surface area (Å²) in [6.07, 6.45) is -1.01. The fourth-order valence-electron chi connectivity index (χ4n) is 17.1. The molecule has 0 aliphatic heterocycles. The highest BCUT2D eigenvalue weighted by atomic mass is 32.2. The van der Waals surface area contributed by atoms with E-state index in [0.29, 0.717) is 27.5 Å². The van der Waals surface area contributed by atoms with Gasteiger partial charge in [0.25, 0.3) is 11.8 Å². The van der Waals surface area contributed by atoms with Crippen molar-refractivity contribution in [3.63, 3.8) is 0 Å². The Morgan fingerprint density at radius 1 is 0.434 bits per heavy atom. The second kappa shape index (κ2) is 29.9. The third-order valence-corrected chi connectivity index (χ3v) is 25.1. The highest BCUT2D eigenvalue weighted by molar-refractivity contribution is 8.02. The molecule has 16 rings (SSSR count). The average Bonchev–Trinajstić information content (AvgIpc) is 0.899. The number of carbonyl (C=O) groups is 5. The number of Topliss-reactive ketones (excluding diaryl/α,β-unsaturated/α-hetero) is 5. The highest BCUT2D eigenvalue weighted by Gasteiger charge is 2.76. The molecule has 18 nitrogen and oxygen atoms in total. The maximum Gasteiger partial charge on any atom is 0.265 e. The standard InChI is InChI=1S/C42H40N2O7S.C42H38N2O7S.2CH4/c2*1-25-29-20-13-21-32(49-23-26-14-7-4-8-15-26)33(29)38(46)42(52-28-18-11-6-12-19-28)30(25)22-31-35(44(2)3)36-34(37(45)41(31,48)40(42)47)39(43-51-36)50-24-27-16-9-5-10-17-27;;/h4-21,25,30-31,35,38,46,48H,22-24H2,1-3H3;4-21,25,30-31,35,48H,22-24H2,1-3H3;2*1H4/t25-,30-,31-,35-,38+,41+,42+;25-,30-,31-,35-,41+,42+;;/m00../s1. The van der Waals surface area contributed by atoms with E-state index in [1.54, 1.807) is 12.1 Å². The summed E-state index contributed by atoms with van der Waals surface area (Å²) in [5, 5.41) is 47.0. The summed E-state index contributed by atoms with van der Waals surface area (Å²) in [6, 6.07) is 66.6. The fraction of sp³-hybridized carbons (Fsp3) is 0.314. The monoisotopic (exact) mass is 1460 g/mol. The van der Waals surface area contributed by atoms with Gasteiger partial charge < -0.3 is 43.3 Å². The largest absolute Gasteiger partial charge is 0.489 e. The lowest BCUT2D eigenvalue weighted by Gasteiger charge is -2.59. The van der Waals surface area contributed by atoms with Gasteiger partial charge in [0.05, 0.1) is 17.6 Å². The normalized spacial score (nSPS) is 26.5. The zero-order valence-corrected chi connectivity index (χ0v) is 59.8. The molecule has 546 valence electrons. The van der Waals surface area contributed by atoms with E-state index in [1.807, 2.05) is 251 Å². The van der Waals surface area contributed by atoms with Gasteiger partial charge in [0.1, 0.15) is 64.7 Å². The molecule has 20 heteroatoms. The van der Waals surface area contributed by atoms with Crippen LogP contribution in [0.5, 0.6) is 23.3 Å². The van der Waals surface area contributed by atoms with Crippen LogP contribution in [-0.2, 0) is 36.0 Å². The van der Waals surface area contributed by atoms with E-state index in [1.165, 1.54) is 11.8 Å². The van der Waals surface area contributed by atoms with E-state index in [9.17, 15) is 24.9 Å². The van der Waals surface area contributed by atoms with Crippen molar-refractivity contribution in [2.45, 2.75) is 128 Å². The van der Waals surface area contributed by atoms with Crippen LogP contribution < -0.4 is 18.9 Å². The molecule has 2 saturated carbocycles. The molecule has 13 atom stereocenters. The van der Waals surface area contributed by atoms with E-state index >= 15 is 14.4 Å². The van der Waals surface area contributed by atoms with Crippen LogP contribution in [0.15, 0.2) is 237 Å². The number of ether oxygens (including phenoxy) is 4. The molecule has 2 heterocycles. The number of thioether (sulfide) groups is 2. The summed E-state index contributed by atoms with van der Waals surface area (Å²) in [5.41, 5.74) is 0.725. The molecule has 106 heavy (non-hydrogen) atoms. The first-order valence-corrected chi connectivity index (χ1v) is 36.5. The SMILES string of the molecule is C.C.C[C@H]1c2cccc(OCc3ccccc3)c2C(=O)[C@@]2(Sc3ccccc3)C(=O)[C@]3(O)C(=O)c4c(OCc5ccccc5)noc4[C@@H](N(C)C)[C@@H]3C[C@@H]12.C[C@H]1c2cccc(OCc3ccccc3)c2[C@@H](O)[C@@]2(Sc3ccccc3)C(=O)[C@]3(O)C(=O)c4c(OCc5ccccc5)noc4[C@@H](N(C)C)[C@@H]3C[C@@H]12. The Balaban J connectivity index is 0.000000184. The summed E-state index contributed by atoms with van der Waals surface area (Å²) < 4.78 is 32.9. The van der Waals surface area contributed by atoms with Crippen LogP contribution in [0.1, 0.15) is 153 Å². The van der Waals surface area contributed by atoms with Gasteiger partial charge in [0, 0.05) is 27.2 Å². The number of aliphatic hydroxyl groups is 3. The van der Waals surface area contributed by atoms with Gasteiger partial charge in [-0.2, -0.15) is 0 Å². The van der Waals surface area contributed by atoms with E-state index in [4.69, 9.17) is 28.0 Å². The molecule has 6 aliphatic carbocycles. The number of fused-ring (bicyclic) bond motifs is 8. The second-order valence-corrected chi connectivity index (χ2v) is 30.9. The fourth-order valence-corrected chi connectivity index (χ4v) is 20.3. The Hall–Kier alpha value is -9.77. The topological polar surface area (TPSA) is 241 Å².